The molecule has 1 fully saturated rings. The van der Waals surface area contributed by atoms with Crippen molar-refractivity contribution in [3.05, 3.63) is 18.8 Å². The van der Waals surface area contributed by atoms with E-state index in [4.69, 9.17) is 0 Å². The van der Waals surface area contributed by atoms with Gasteiger partial charge in [-0.1, -0.05) is 25.3 Å². The summed E-state index contributed by atoms with van der Waals surface area (Å²) in [6.45, 7) is 3.61. The van der Waals surface area contributed by atoms with Crippen molar-refractivity contribution in [3.8, 4) is 0 Å². The molecule has 11 heavy (non-hydrogen) atoms. The summed E-state index contributed by atoms with van der Waals surface area (Å²) in [6.07, 6.45) is 9.39. The summed E-state index contributed by atoms with van der Waals surface area (Å²) in [5, 5.41) is 9.52. The lowest BCUT2D eigenvalue weighted by Gasteiger charge is -2.24. The molecule has 0 aromatic rings. The van der Waals surface area contributed by atoms with Crippen molar-refractivity contribution in [2.75, 3.05) is 0 Å². The first-order chi connectivity index (χ1) is 5.34. The summed E-state index contributed by atoms with van der Waals surface area (Å²) >= 11 is 0. The molecule has 0 aromatic heterocycles. The molecule has 1 nitrogen and oxygen atoms in total. The summed E-state index contributed by atoms with van der Waals surface area (Å²) in [7, 11) is 0. The van der Waals surface area contributed by atoms with Crippen LogP contribution in [0.2, 0.25) is 0 Å². The zero-order chi connectivity index (χ0) is 8.10. The fraction of sp³-hybridized carbons (Fsp3) is 0.700. The molecule has 1 radical (unpaired) electrons. The fourth-order valence-corrected chi connectivity index (χ4v) is 1.75. The maximum Gasteiger partial charge on any atom is 0.100 e. The zero-order valence-electron chi connectivity index (χ0n) is 7.05. The summed E-state index contributed by atoms with van der Waals surface area (Å²) in [4.78, 5) is 0. The highest BCUT2D eigenvalue weighted by atomic mass is 16.3. The zero-order valence-corrected chi connectivity index (χ0v) is 7.05. The predicted molar refractivity (Wildman–Crippen MR) is 46.6 cm³/mol. The third-order valence-electron chi connectivity index (χ3n) is 2.43. The van der Waals surface area contributed by atoms with Crippen molar-refractivity contribution in [3.63, 3.8) is 0 Å². The lowest BCUT2D eigenvalue weighted by atomic mass is 9.84. The van der Waals surface area contributed by atoms with Crippen molar-refractivity contribution in [1.29, 1.82) is 0 Å². The molecule has 1 heteroatoms. The molecule has 0 heterocycles. The van der Waals surface area contributed by atoms with Crippen LogP contribution in [-0.2, 0) is 0 Å². The monoisotopic (exact) mass is 153 g/mol. The van der Waals surface area contributed by atoms with E-state index < -0.39 is 0 Å². The molecular formula is C10H17O. The van der Waals surface area contributed by atoms with Gasteiger partial charge in [0.05, 0.1) is 0 Å². The van der Waals surface area contributed by atoms with Crippen LogP contribution in [0.15, 0.2) is 12.7 Å². The van der Waals surface area contributed by atoms with Crippen molar-refractivity contribution in [2.45, 2.75) is 38.5 Å². The van der Waals surface area contributed by atoms with E-state index in [1.165, 1.54) is 32.1 Å². The lowest BCUT2D eigenvalue weighted by molar-refractivity contribution is 0.188. The van der Waals surface area contributed by atoms with Gasteiger partial charge in [-0.25, -0.2) is 0 Å². The SMILES string of the molecule is C=CC[C](O)C1CCCCC1. The Morgan fingerprint density at radius 2 is 2.00 bits per heavy atom. The van der Waals surface area contributed by atoms with Gasteiger partial charge in [0.2, 0.25) is 0 Å². The minimum Gasteiger partial charge on any atom is -0.386 e. The highest BCUT2D eigenvalue weighted by Gasteiger charge is 2.20. The van der Waals surface area contributed by atoms with E-state index in [0.717, 1.165) is 0 Å². The van der Waals surface area contributed by atoms with E-state index in [0.29, 0.717) is 18.4 Å². The van der Waals surface area contributed by atoms with Crippen LogP contribution >= 0.6 is 0 Å². The molecule has 0 amide bonds. The van der Waals surface area contributed by atoms with E-state index in [1.54, 1.807) is 6.08 Å². The molecular weight excluding hydrogens is 136 g/mol. The molecule has 0 aliphatic heterocycles. The molecule has 63 valence electrons. The van der Waals surface area contributed by atoms with Crippen LogP contribution in [0.25, 0.3) is 0 Å². The van der Waals surface area contributed by atoms with Gasteiger partial charge in [0.1, 0.15) is 6.10 Å². The van der Waals surface area contributed by atoms with Gasteiger partial charge in [-0.3, -0.25) is 0 Å². The van der Waals surface area contributed by atoms with E-state index in [2.05, 4.69) is 6.58 Å². The van der Waals surface area contributed by atoms with Gasteiger partial charge in [0.25, 0.3) is 0 Å². The average Bonchev–Trinajstić information content (AvgIpc) is 2.07. The van der Waals surface area contributed by atoms with Crippen LogP contribution in [0, 0.1) is 12.0 Å². The lowest BCUT2D eigenvalue weighted by Crippen LogP contribution is -2.14. The van der Waals surface area contributed by atoms with Crippen molar-refractivity contribution in [1.82, 2.24) is 0 Å². The maximum atomic E-state index is 9.52. The third kappa shape index (κ3) is 2.66. The maximum absolute atomic E-state index is 9.52. The molecule has 1 saturated carbocycles. The molecule has 0 saturated heterocycles. The number of aliphatic hydroxyl groups is 1. The predicted octanol–water partition coefficient (Wildman–Crippen LogP) is 3.05. The molecule has 1 rings (SSSR count). The first-order valence-corrected chi connectivity index (χ1v) is 4.50. The van der Waals surface area contributed by atoms with Gasteiger partial charge in [0.15, 0.2) is 0 Å². The van der Waals surface area contributed by atoms with Crippen LogP contribution in [0.5, 0.6) is 0 Å². The minimum atomic E-state index is 0.474. The highest BCUT2D eigenvalue weighted by molar-refractivity contribution is 4.92. The van der Waals surface area contributed by atoms with Gasteiger partial charge in [0, 0.05) is 0 Å². The Morgan fingerprint density at radius 3 is 2.55 bits per heavy atom. The number of rotatable bonds is 3. The number of hydrogen-bond acceptors (Lipinski definition) is 1. The van der Waals surface area contributed by atoms with Gasteiger partial charge in [-0.05, 0) is 25.2 Å². The van der Waals surface area contributed by atoms with Crippen LogP contribution in [0.4, 0.5) is 0 Å². The Hall–Kier alpha value is -0.300. The Labute approximate surface area is 69.1 Å². The smallest absolute Gasteiger partial charge is 0.100 e. The van der Waals surface area contributed by atoms with E-state index in [-0.39, 0.29) is 0 Å². The quantitative estimate of drug-likeness (QED) is 0.618. The van der Waals surface area contributed by atoms with Crippen LogP contribution in [-0.4, -0.2) is 5.11 Å². The van der Waals surface area contributed by atoms with Crippen LogP contribution in [0.1, 0.15) is 38.5 Å². The van der Waals surface area contributed by atoms with E-state index in [1.807, 2.05) is 0 Å². The van der Waals surface area contributed by atoms with Gasteiger partial charge >= 0.3 is 0 Å². The highest BCUT2D eigenvalue weighted by Crippen LogP contribution is 2.31. The van der Waals surface area contributed by atoms with Gasteiger partial charge in [-0.2, -0.15) is 0 Å². The Bertz CT molecular complexity index is 114. The molecule has 1 aliphatic carbocycles. The normalized spacial score (nSPS) is 20.5. The molecule has 0 atom stereocenters. The van der Waals surface area contributed by atoms with Crippen LogP contribution in [0.3, 0.4) is 0 Å². The first kappa shape index (κ1) is 8.79. The Kier molecular flexibility index (Phi) is 3.64. The van der Waals surface area contributed by atoms with Crippen molar-refractivity contribution >= 4 is 0 Å². The molecule has 0 unspecified atom stereocenters. The van der Waals surface area contributed by atoms with Gasteiger partial charge in [-0.15, -0.1) is 6.58 Å². The summed E-state index contributed by atoms with van der Waals surface area (Å²) < 4.78 is 0. The molecule has 0 bridgehead atoms. The Morgan fingerprint density at radius 1 is 1.36 bits per heavy atom. The summed E-state index contributed by atoms with van der Waals surface area (Å²) in [5.41, 5.74) is 0. The molecule has 1 N–H and O–H groups in total. The first-order valence-electron chi connectivity index (χ1n) is 4.50. The van der Waals surface area contributed by atoms with Gasteiger partial charge < -0.3 is 5.11 Å². The summed E-state index contributed by atoms with van der Waals surface area (Å²) in [6, 6.07) is 0. The summed E-state index contributed by atoms with van der Waals surface area (Å²) in [5.74, 6) is 0.474. The van der Waals surface area contributed by atoms with Crippen molar-refractivity contribution < 1.29 is 5.11 Å². The largest absolute Gasteiger partial charge is 0.386 e. The minimum absolute atomic E-state index is 0.474. The Balaban J connectivity index is 2.26. The average molecular weight is 153 g/mol. The van der Waals surface area contributed by atoms with E-state index in [9.17, 15) is 5.11 Å². The van der Waals surface area contributed by atoms with Crippen LogP contribution < -0.4 is 0 Å². The second-order valence-electron chi connectivity index (χ2n) is 3.32. The number of hydrogen-bond donors (Lipinski definition) is 1. The number of aliphatic hydroxyl groups excluding tert-OH is 1. The second-order valence-corrected chi connectivity index (χ2v) is 3.32. The molecule has 0 spiro atoms. The third-order valence-corrected chi connectivity index (χ3v) is 2.43. The molecule has 1 aliphatic rings. The van der Waals surface area contributed by atoms with Crippen molar-refractivity contribution in [2.24, 2.45) is 5.92 Å². The topological polar surface area (TPSA) is 20.2 Å². The standard InChI is InChI=1S/C10H17O/c1-2-6-10(11)9-7-4-3-5-8-9/h2,9,11H,1,3-8H2. The molecule has 0 aromatic carbocycles. The fourth-order valence-electron chi connectivity index (χ4n) is 1.75. The van der Waals surface area contributed by atoms with E-state index >= 15 is 0 Å². The second kappa shape index (κ2) is 4.55.